The SMILES string of the molecule is O=S(c1cccc(COCCOCCCCCCNCC(O)c2ccc(O)c(CO)c2)c1)C1CCCC1. The summed E-state index contributed by atoms with van der Waals surface area (Å²) in [6.45, 7) is 3.35. The van der Waals surface area contributed by atoms with Crippen LogP contribution in [0.15, 0.2) is 47.4 Å². The summed E-state index contributed by atoms with van der Waals surface area (Å²) in [5.41, 5.74) is 2.16. The minimum atomic E-state index is -0.909. The minimum absolute atomic E-state index is 0.0397. The summed E-state index contributed by atoms with van der Waals surface area (Å²) in [5.74, 6) is 0.0397. The second-order valence-corrected chi connectivity index (χ2v) is 11.4. The van der Waals surface area contributed by atoms with Crippen LogP contribution in [0.1, 0.15) is 74.2 Å². The molecule has 0 saturated heterocycles. The molecule has 0 bridgehead atoms. The number of aromatic hydroxyl groups is 1. The van der Waals surface area contributed by atoms with Crippen LogP contribution in [0.4, 0.5) is 0 Å². The van der Waals surface area contributed by atoms with E-state index in [1.54, 1.807) is 12.1 Å². The quantitative estimate of drug-likeness (QED) is 0.211. The van der Waals surface area contributed by atoms with E-state index in [1.165, 1.54) is 18.9 Å². The van der Waals surface area contributed by atoms with Crippen molar-refractivity contribution in [2.24, 2.45) is 0 Å². The number of unbranched alkanes of at least 4 members (excludes halogenated alkanes) is 3. The molecule has 1 aliphatic rings. The fourth-order valence-electron chi connectivity index (χ4n) is 4.57. The van der Waals surface area contributed by atoms with Crippen molar-refractivity contribution in [3.63, 3.8) is 0 Å². The number of hydrogen-bond donors (Lipinski definition) is 4. The Kier molecular flexibility index (Phi) is 13.6. The van der Waals surface area contributed by atoms with Crippen LogP contribution in [0, 0.1) is 0 Å². The zero-order valence-electron chi connectivity index (χ0n) is 21.8. The Morgan fingerprint density at radius 3 is 2.57 bits per heavy atom. The summed E-state index contributed by atoms with van der Waals surface area (Å²) in [6, 6.07) is 12.8. The van der Waals surface area contributed by atoms with Crippen molar-refractivity contribution in [1.29, 1.82) is 0 Å². The van der Waals surface area contributed by atoms with Gasteiger partial charge in [-0.2, -0.15) is 0 Å². The summed E-state index contributed by atoms with van der Waals surface area (Å²) < 4.78 is 24.1. The van der Waals surface area contributed by atoms with E-state index in [0.717, 1.165) is 62.1 Å². The summed E-state index contributed by atoms with van der Waals surface area (Å²) in [7, 11) is -0.909. The highest BCUT2D eigenvalue weighted by Crippen LogP contribution is 2.27. The van der Waals surface area contributed by atoms with Gasteiger partial charge in [0.2, 0.25) is 0 Å². The molecule has 2 atom stereocenters. The normalized spacial score (nSPS) is 15.7. The predicted octanol–water partition coefficient (Wildman–Crippen LogP) is 4.35. The molecule has 4 N–H and O–H groups in total. The lowest BCUT2D eigenvalue weighted by atomic mass is 10.1. The maximum absolute atomic E-state index is 12.7. The third-order valence-corrected chi connectivity index (χ3v) is 8.56. The van der Waals surface area contributed by atoms with E-state index in [1.807, 2.05) is 24.3 Å². The number of aliphatic hydroxyl groups excluding tert-OH is 2. The van der Waals surface area contributed by atoms with Crippen LogP contribution in [-0.2, 0) is 33.5 Å². The first-order chi connectivity index (χ1) is 18.1. The first-order valence-corrected chi connectivity index (χ1v) is 14.8. The molecule has 206 valence electrons. The molecule has 0 aromatic heterocycles. The fraction of sp³-hybridized carbons (Fsp3) is 0.586. The van der Waals surface area contributed by atoms with Crippen LogP contribution < -0.4 is 5.32 Å². The Balaban J connectivity index is 1.14. The van der Waals surface area contributed by atoms with E-state index in [2.05, 4.69) is 5.32 Å². The van der Waals surface area contributed by atoms with Crippen LogP contribution in [-0.4, -0.2) is 57.7 Å². The zero-order chi connectivity index (χ0) is 26.3. The van der Waals surface area contributed by atoms with Gasteiger partial charge in [0.05, 0.1) is 43.3 Å². The molecule has 1 aliphatic carbocycles. The number of phenols is 1. The van der Waals surface area contributed by atoms with E-state index in [0.29, 0.717) is 42.7 Å². The number of benzene rings is 2. The summed E-state index contributed by atoms with van der Waals surface area (Å²) >= 11 is 0. The average Bonchev–Trinajstić information content (AvgIpc) is 3.46. The van der Waals surface area contributed by atoms with E-state index in [4.69, 9.17) is 9.47 Å². The summed E-state index contributed by atoms with van der Waals surface area (Å²) in [4.78, 5) is 0.921. The second kappa shape index (κ2) is 16.9. The predicted molar refractivity (Wildman–Crippen MR) is 146 cm³/mol. The van der Waals surface area contributed by atoms with E-state index in [9.17, 15) is 19.5 Å². The van der Waals surface area contributed by atoms with Gasteiger partial charge in [-0.1, -0.05) is 43.9 Å². The van der Waals surface area contributed by atoms with Gasteiger partial charge in [0, 0.05) is 28.9 Å². The molecule has 0 heterocycles. The van der Waals surface area contributed by atoms with Gasteiger partial charge in [-0.05, 0) is 67.6 Å². The number of ether oxygens (including phenoxy) is 2. The molecular weight excluding hydrogens is 490 g/mol. The van der Waals surface area contributed by atoms with Gasteiger partial charge in [0.1, 0.15) is 5.75 Å². The lowest BCUT2D eigenvalue weighted by Gasteiger charge is -2.14. The molecule has 1 fully saturated rings. The third-order valence-electron chi connectivity index (χ3n) is 6.77. The van der Waals surface area contributed by atoms with Gasteiger partial charge >= 0.3 is 0 Å². The maximum Gasteiger partial charge on any atom is 0.121 e. The number of aliphatic hydroxyl groups is 2. The zero-order valence-corrected chi connectivity index (χ0v) is 22.6. The molecule has 3 rings (SSSR count). The van der Waals surface area contributed by atoms with Gasteiger partial charge in [0.15, 0.2) is 0 Å². The van der Waals surface area contributed by atoms with Crippen LogP contribution >= 0.6 is 0 Å². The molecule has 0 radical (unpaired) electrons. The molecule has 2 aromatic carbocycles. The van der Waals surface area contributed by atoms with Gasteiger partial charge in [-0.15, -0.1) is 0 Å². The Bertz CT molecular complexity index is 950. The van der Waals surface area contributed by atoms with Crippen LogP contribution in [0.3, 0.4) is 0 Å². The highest BCUT2D eigenvalue weighted by atomic mass is 32.2. The molecule has 0 spiro atoms. The summed E-state index contributed by atoms with van der Waals surface area (Å²) in [6.07, 6.45) is 8.07. The summed E-state index contributed by atoms with van der Waals surface area (Å²) in [5, 5.41) is 32.7. The van der Waals surface area contributed by atoms with Crippen molar-refractivity contribution in [2.45, 2.75) is 80.8 Å². The Morgan fingerprint density at radius 2 is 1.76 bits per heavy atom. The molecular formula is C29H43NO6S. The first-order valence-electron chi connectivity index (χ1n) is 13.5. The van der Waals surface area contributed by atoms with Crippen molar-refractivity contribution >= 4 is 10.8 Å². The molecule has 7 nitrogen and oxygen atoms in total. The molecule has 0 aliphatic heterocycles. The number of rotatable bonds is 18. The molecule has 1 saturated carbocycles. The largest absolute Gasteiger partial charge is 0.508 e. The standard InChI is InChI=1S/C29H43NO6S/c31-21-25-19-24(12-13-28(25)32)29(33)20-30-14-5-1-2-6-15-35-16-17-36-22-23-8-7-11-27(18-23)37(34)26-9-3-4-10-26/h7-8,11-13,18-19,26,29-33H,1-6,9-10,14-17,20-22H2. The fourth-order valence-corrected chi connectivity index (χ4v) is 6.20. The molecule has 8 heteroatoms. The van der Waals surface area contributed by atoms with Crippen molar-refractivity contribution in [2.75, 3.05) is 32.9 Å². The van der Waals surface area contributed by atoms with E-state index in [-0.39, 0.29) is 12.4 Å². The second-order valence-electron chi connectivity index (χ2n) is 9.70. The van der Waals surface area contributed by atoms with Crippen LogP contribution in [0.25, 0.3) is 0 Å². The first kappa shape index (κ1) is 29.7. The molecule has 2 aromatic rings. The highest BCUT2D eigenvalue weighted by Gasteiger charge is 2.22. The number of hydrogen-bond acceptors (Lipinski definition) is 7. The van der Waals surface area contributed by atoms with E-state index >= 15 is 0 Å². The minimum Gasteiger partial charge on any atom is -0.508 e. The van der Waals surface area contributed by atoms with Crippen LogP contribution in [0.2, 0.25) is 0 Å². The van der Waals surface area contributed by atoms with Crippen LogP contribution in [0.5, 0.6) is 5.75 Å². The van der Waals surface area contributed by atoms with Crippen molar-refractivity contribution in [3.05, 3.63) is 59.2 Å². The lowest BCUT2D eigenvalue weighted by Crippen LogP contribution is -2.22. The number of nitrogens with one attached hydrogen (secondary N) is 1. The Labute approximate surface area is 223 Å². The smallest absolute Gasteiger partial charge is 0.121 e. The Morgan fingerprint density at radius 1 is 0.973 bits per heavy atom. The highest BCUT2D eigenvalue weighted by molar-refractivity contribution is 7.85. The molecule has 2 unspecified atom stereocenters. The van der Waals surface area contributed by atoms with Gasteiger partial charge in [-0.3, -0.25) is 4.21 Å². The third kappa shape index (κ3) is 10.5. The van der Waals surface area contributed by atoms with Gasteiger partial charge < -0.3 is 30.1 Å². The monoisotopic (exact) mass is 533 g/mol. The molecule has 37 heavy (non-hydrogen) atoms. The van der Waals surface area contributed by atoms with Crippen molar-refractivity contribution < 1.29 is 29.0 Å². The maximum atomic E-state index is 12.7. The van der Waals surface area contributed by atoms with Gasteiger partial charge in [0.25, 0.3) is 0 Å². The Hall–Kier alpha value is -1.81. The van der Waals surface area contributed by atoms with Crippen molar-refractivity contribution in [3.8, 4) is 5.75 Å². The average molecular weight is 534 g/mol. The topological polar surface area (TPSA) is 108 Å². The van der Waals surface area contributed by atoms with Gasteiger partial charge in [-0.25, -0.2) is 0 Å². The molecule has 0 amide bonds. The van der Waals surface area contributed by atoms with Crippen molar-refractivity contribution in [1.82, 2.24) is 5.32 Å². The lowest BCUT2D eigenvalue weighted by molar-refractivity contribution is 0.0392. The van der Waals surface area contributed by atoms with E-state index < -0.39 is 16.9 Å².